The first-order valence-electron chi connectivity index (χ1n) is 5.37. The number of rotatable bonds is 6. The van der Waals surface area contributed by atoms with Crippen molar-refractivity contribution in [2.45, 2.75) is 20.0 Å². The van der Waals surface area contributed by atoms with Crippen molar-refractivity contribution in [3.8, 4) is 0 Å². The van der Waals surface area contributed by atoms with E-state index in [1.165, 1.54) is 0 Å². The zero-order chi connectivity index (χ0) is 11.1. The van der Waals surface area contributed by atoms with Crippen LogP contribution in [-0.2, 0) is 6.61 Å². The molecule has 0 unspecified atom stereocenters. The van der Waals surface area contributed by atoms with E-state index in [0.717, 1.165) is 24.2 Å². The Kier molecular flexibility index (Phi) is 5.15. The smallest absolute Gasteiger partial charge is 0.0681 e. The first kappa shape index (κ1) is 12.0. The van der Waals surface area contributed by atoms with Gasteiger partial charge in [0.25, 0.3) is 0 Å². The van der Waals surface area contributed by atoms with Crippen molar-refractivity contribution in [2.24, 2.45) is 0 Å². The molecule has 1 aromatic carbocycles. The maximum Gasteiger partial charge on any atom is 0.0681 e. The number of hydrogen-bond donors (Lipinski definition) is 2. The lowest BCUT2D eigenvalue weighted by Crippen LogP contribution is -2.27. The third-order valence-corrected chi connectivity index (χ3v) is 2.35. The summed E-state index contributed by atoms with van der Waals surface area (Å²) in [4.78, 5) is 2.14. The summed E-state index contributed by atoms with van der Waals surface area (Å²) in [6, 6.07) is 7.79. The summed E-state index contributed by atoms with van der Waals surface area (Å²) in [5, 5.41) is 17.9. The van der Waals surface area contributed by atoms with Crippen molar-refractivity contribution in [1.82, 2.24) is 0 Å². The van der Waals surface area contributed by atoms with Gasteiger partial charge in [0.15, 0.2) is 0 Å². The van der Waals surface area contributed by atoms with E-state index in [0.29, 0.717) is 6.54 Å². The monoisotopic (exact) mass is 209 g/mol. The highest BCUT2D eigenvalue weighted by Gasteiger charge is 2.03. The first-order valence-corrected chi connectivity index (χ1v) is 5.37. The van der Waals surface area contributed by atoms with E-state index in [9.17, 15) is 0 Å². The van der Waals surface area contributed by atoms with Crippen molar-refractivity contribution >= 4 is 5.69 Å². The summed E-state index contributed by atoms with van der Waals surface area (Å²) >= 11 is 0. The molecule has 0 radical (unpaired) electrons. The molecule has 2 N–H and O–H groups in total. The van der Waals surface area contributed by atoms with Crippen LogP contribution in [-0.4, -0.2) is 29.9 Å². The Hall–Kier alpha value is -1.06. The Morgan fingerprint density at radius 3 is 2.20 bits per heavy atom. The molecule has 3 heteroatoms. The molecule has 0 heterocycles. The molecule has 84 valence electrons. The fourth-order valence-corrected chi connectivity index (χ4v) is 1.57. The summed E-state index contributed by atoms with van der Waals surface area (Å²) < 4.78 is 0. The maximum atomic E-state index is 8.94. The molecule has 1 rings (SSSR count). The molecule has 0 aliphatic heterocycles. The van der Waals surface area contributed by atoms with Gasteiger partial charge in [0.2, 0.25) is 0 Å². The van der Waals surface area contributed by atoms with E-state index in [1.54, 1.807) is 0 Å². The second-order valence-corrected chi connectivity index (χ2v) is 3.54. The van der Waals surface area contributed by atoms with Crippen LogP contribution >= 0.6 is 0 Å². The summed E-state index contributed by atoms with van der Waals surface area (Å²) in [6.45, 7) is 3.97. The molecule has 0 aromatic heterocycles. The normalized spacial score (nSPS) is 10.3. The molecule has 15 heavy (non-hydrogen) atoms. The van der Waals surface area contributed by atoms with Crippen LogP contribution in [0.5, 0.6) is 0 Å². The highest BCUT2D eigenvalue weighted by Crippen LogP contribution is 2.15. The van der Waals surface area contributed by atoms with Gasteiger partial charge in [-0.3, -0.25) is 0 Å². The van der Waals surface area contributed by atoms with Crippen LogP contribution in [0.25, 0.3) is 0 Å². The fourth-order valence-electron chi connectivity index (χ4n) is 1.57. The van der Waals surface area contributed by atoms with Crippen LogP contribution in [0.2, 0.25) is 0 Å². The molecular formula is C12H19NO2. The highest BCUT2D eigenvalue weighted by atomic mass is 16.3. The van der Waals surface area contributed by atoms with Crippen LogP contribution < -0.4 is 4.90 Å². The largest absolute Gasteiger partial charge is 0.395 e. The minimum absolute atomic E-state index is 0.0774. The quantitative estimate of drug-likeness (QED) is 0.744. The molecular weight excluding hydrogens is 190 g/mol. The van der Waals surface area contributed by atoms with Gasteiger partial charge in [0, 0.05) is 18.8 Å². The van der Waals surface area contributed by atoms with Gasteiger partial charge in [-0.2, -0.15) is 0 Å². The van der Waals surface area contributed by atoms with Crippen LogP contribution in [0.4, 0.5) is 5.69 Å². The molecule has 1 aromatic rings. The number of aliphatic hydroxyl groups excluding tert-OH is 2. The van der Waals surface area contributed by atoms with Crippen molar-refractivity contribution in [3.05, 3.63) is 29.8 Å². The van der Waals surface area contributed by atoms with E-state index >= 15 is 0 Å². The van der Waals surface area contributed by atoms with Gasteiger partial charge in [-0.1, -0.05) is 19.1 Å². The molecule has 0 bridgehead atoms. The third kappa shape index (κ3) is 3.53. The van der Waals surface area contributed by atoms with E-state index in [-0.39, 0.29) is 13.2 Å². The van der Waals surface area contributed by atoms with Crippen LogP contribution in [0.1, 0.15) is 18.9 Å². The molecule has 0 aliphatic carbocycles. The third-order valence-electron chi connectivity index (χ3n) is 2.35. The molecule has 3 nitrogen and oxygen atoms in total. The molecule has 0 saturated heterocycles. The van der Waals surface area contributed by atoms with Gasteiger partial charge in [-0.05, 0) is 24.1 Å². The molecule has 0 atom stereocenters. The summed E-state index contributed by atoms with van der Waals surface area (Å²) in [5.41, 5.74) is 2.02. The first-order chi connectivity index (χ1) is 7.31. The zero-order valence-electron chi connectivity index (χ0n) is 9.19. The number of aliphatic hydroxyl groups is 2. The van der Waals surface area contributed by atoms with Crippen LogP contribution in [0.15, 0.2) is 24.3 Å². The van der Waals surface area contributed by atoms with Crippen molar-refractivity contribution in [3.63, 3.8) is 0 Å². The topological polar surface area (TPSA) is 43.7 Å². The number of benzene rings is 1. The molecule has 0 fully saturated rings. The summed E-state index contributed by atoms with van der Waals surface area (Å²) in [5.74, 6) is 0. The van der Waals surface area contributed by atoms with Crippen LogP contribution in [0, 0.1) is 0 Å². The minimum atomic E-state index is 0.0774. The Morgan fingerprint density at radius 1 is 1.07 bits per heavy atom. The van der Waals surface area contributed by atoms with Gasteiger partial charge in [0.05, 0.1) is 13.2 Å². The Morgan fingerprint density at radius 2 is 1.73 bits per heavy atom. The van der Waals surface area contributed by atoms with E-state index < -0.39 is 0 Å². The average molecular weight is 209 g/mol. The number of hydrogen-bond acceptors (Lipinski definition) is 3. The van der Waals surface area contributed by atoms with Gasteiger partial charge in [-0.25, -0.2) is 0 Å². The van der Waals surface area contributed by atoms with E-state index in [4.69, 9.17) is 10.2 Å². The molecule has 0 aliphatic rings. The molecule has 0 saturated carbocycles. The van der Waals surface area contributed by atoms with Gasteiger partial charge < -0.3 is 15.1 Å². The predicted molar refractivity (Wildman–Crippen MR) is 62.0 cm³/mol. The number of anilines is 1. The Labute approximate surface area is 91.0 Å². The van der Waals surface area contributed by atoms with E-state index in [1.807, 2.05) is 24.3 Å². The number of nitrogens with zero attached hydrogens (tertiary/aromatic N) is 1. The Balaban J connectivity index is 2.72. The lowest BCUT2D eigenvalue weighted by molar-refractivity contribution is 0.282. The van der Waals surface area contributed by atoms with Gasteiger partial charge in [-0.15, -0.1) is 0 Å². The Bertz CT molecular complexity index is 265. The second-order valence-electron chi connectivity index (χ2n) is 3.54. The molecule has 0 amide bonds. The van der Waals surface area contributed by atoms with Crippen molar-refractivity contribution in [2.75, 3.05) is 24.6 Å². The summed E-state index contributed by atoms with van der Waals surface area (Å²) in [6.07, 6.45) is 1.06. The van der Waals surface area contributed by atoms with Gasteiger partial charge in [0.1, 0.15) is 0 Å². The van der Waals surface area contributed by atoms with Gasteiger partial charge >= 0.3 is 0 Å². The van der Waals surface area contributed by atoms with Crippen molar-refractivity contribution < 1.29 is 10.2 Å². The zero-order valence-corrected chi connectivity index (χ0v) is 9.19. The van der Waals surface area contributed by atoms with Crippen molar-refractivity contribution in [1.29, 1.82) is 0 Å². The lowest BCUT2D eigenvalue weighted by atomic mass is 10.2. The minimum Gasteiger partial charge on any atom is -0.395 e. The highest BCUT2D eigenvalue weighted by molar-refractivity contribution is 5.47. The maximum absolute atomic E-state index is 8.94. The SMILES string of the molecule is CCCN(CCO)c1ccc(CO)cc1. The fraction of sp³-hybridized carbons (Fsp3) is 0.500. The standard InChI is InChI=1S/C12H19NO2/c1-2-7-13(8-9-14)12-5-3-11(10-15)4-6-12/h3-6,14-15H,2,7-10H2,1H3. The second kappa shape index (κ2) is 6.43. The summed E-state index contributed by atoms with van der Waals surface area (Å²) in [7, 11) is 0. The predicted octanol–water partition coefficient (Wildman–Crippen LogP) is 1.39. The average Bonchev–Trinajstić information content (AvgIpc) is 2.29. The van der Waals surface area contributed by atoms with E-state index in [2.05, 4.69) is 11.8 Å². The van der Waals surface area contributed by atoms with Crippen LogP contribution in [0.3, 0.4) is 0 Å². The lowest BCUT2D eigenvalue weighted by Gasteiger charge is -2.23. The molecule has 0 spiro atoms.